The first-order chi connectivity index (χ1) is 9.68. The van der Waals surface area contributed by atoms with Gasteiger partial charge in [-0.15, -0.1) is 0 Å². The Hall–Kier alpha value is -1.36. The van der Waals surface area contributed by atoms with Gasteiger partial charge in [0.25, 0.3) is 0 Å². The Morgan fingerprint density at radius 1 is 1.25 bits per heavy atom. The van der Waals surface area contributed by atoms with Crippen molar-refractivity contribution in [1.82, 2.24) is 9.97 Å². The molecule has 1 aromatic heterocycles. The van der Waals surface area contributed by atoms with E-state index in [9.17, 15) is 0 Å². The third kappa shape index (κ3) is 3.60. The molecule has 1 aliphatic heterocycles. The van der Waals surface area contributed by atoms with Crippen LogP contribution in [0.3, 0.4) is 0 Å². The van der Waals surface area contributed by atoms with Gasteiger partial charge in [0.2, 0.25) is 0 Å². The van der Waals surface area contributed by atoms with Gasteiger partial charge >= 0.3 is 0 Å². The number of anilines is 2. The molecule has 1 aliphatic rings. The van der Waals surface area contributed by atoms with Crippen LogP contribution in [-0.2, 0) is 11.2 Å². The average molecular weight is 278 g/mol. The molecule has 0 bridgehead atoms. The molecular formula is C15H26N4O. The molecule has 0 unspecified atom stereocenters. The summed E-state index contributed by atoms with van der Waals surface area (Å²) in [5.74, 6) is 1.90. The number of hydrogen-bond acceptors (Lipinski definition) is 5. The number of aromatic nitrogens is 2. The summed E-state index contributed by atoms with van der Waals surface area (Å²) in [4.78, 5) is 8.73. The Morgan fingerprint density at radius 3 is 2.60 bits per heavy atom. The minimum atomic E-state index is 0.298. The summed E-state index contributed by atoms with van der Waals surface area (Å²) in [6, 6.07) is 0. The average Bonchev–Trinajstić information content (AvgIpc) is 2.47. The minimum Gasteiger partial charge on any atom is -0.381 e. The van der Waals surface area contributed by atoms with E-state index in [0.29, 0.717) is 5.41 Å². The van der Waals surface area contributed by atoms with E-state index >= 15 is 0 Å². The zero-order chi connectivity index (χ0) is 14.4. The van der Waals surface area contributed by atoms with E-state index < -0.39 is 0 Å². The van der Waals surface area contributed by atoms with E-state index in [1.807, 2.05) is 7.05 Å². The van der Waals surface area contributed by atoms with Crippen LogP contribution < -0.4 is 10.6 Å². The first kappa shape index (κ1) is 15.0. The van der Waals surface area contributed by atoms with Crippen molar-refractivity contribution in [3.05, 3.63) is 11.9 Å². The summed E-state index contributed by atoms with van der Waals surface area (Å²) in [5, 5.41) is 6.69. The van der Waals surface area contributed by atoms with Crippen LogP contribution in [0.1, 0.15) is 38.7 Å². The molecular weight excluding hydrogens is 252 g/mol. The van der Waals surface area contributed by atoms with E-state index in [-0.39, 0.29) is 0 Å². The summed E-state index contributed by atoms with van der Waals surface area (Å²) >= 11 is 0. The van der Waals surface area contributed by atoms with E-state index in [1.54, 1.807) is 6.33 Å². The number of rotatable bonds is 6. The smallest absolute Gasteiger partial charge is 0.134 e. The van der Waals surface area contributed by atoms with Gasteiger partial charge in [-0.2, -0.15) is 0 Å². The van der Waals surface area contributed by atoms with Crippen LogP contribution in [0.5, 0.6) is 0 Å². The Bertz CT molecular complexity index is 430. The number of ether oxygens (including phenoxy) is 1. The van der Waals surface area contributed by atoms with Crippen LogP contribution in [0.4, 0.5) is 11.6 Å². The second-order valence-electron chi connectivity index (χ2n) is 5.83. The molecule has 0 amide bonds. The third-order valence-electron chi connectivity index (χ3n) is 4.06. The lowest BCUT2D eigenvalue weighted by Crippen LogP contribution is -2.33. The minimum absolute atomic E-state index is 0.298. The molecule has 5 nitrogen and oxygen atoms in total. The van der Waals surface area contributed by atoms with Crippen molar-refractivity contribution in [1.29, 1.82) is 0 Å². The molecule has 1 aromatic rings. The lowest BCUT2D eigenvalue weighted by Gasteiger charge is -2.34. The van der Waals surface area contributed by atoms with E-state index in [2.05, 4.69) is 34.4 Å². The predicted octanol–water partition coefficient (Wildman–Crippen LogP) is 2.70. The second kappa shape index (κ2) is 6.88. The maximum atomic E-state index is 5.45. The van der Waals surface area contributed by atoms with Gasteiger partial charge in [0.1, 0.15) is 18.0 Å². The molecule has 1 saturated heterocycles. The van der Waals surface area contributed by atoms with Gasteiger partial charge < -0.3 is 15.4 Å². The van der Waals surface area contributed by atoms with Gasteiger partial charge in [-0.25, -0.2) is 9.97 Å². The number of nitrogens with zero attached hydrogens (tertiary/aromatic N) is 2. The second-order valence-corrected chi connectivity index (χ2v) is 5.83. The van der Waals surface area contributed by atoms with Crippen molar-refractivity contribution < 1.29 is 4.74 Å². The first-order valence-corrected chi connectivity index (χ1v) is 7.52. The van der Waals surface area contributed by atoms with Crippen LogP contribution >= 0.6 is 0 Å². The monoisotopic (exact) mass is 278 g/mol. The van der Waals surface area contributed by atoms with Gasteiger partial charge in [-0.05, 0) is 24.7 Å². The highest BCUT2D eigenvalue weighted by atomic mass is 16.5. The lowest BCUT2D eigenvalue weighted by molar-refractivity contribution is 0.0299. The van der Waals surface area contributed by atoms with Gasteiger partial charge in [-0.3, -0.25) is 0 Å². The number of hydrogen-bond donors (Lipinski definition) is 2. The fraction of sp³-hybridized carbons (Fsp3) is 0.733. The highest BCUT2D eigenvalue weighted by Crippen LogP contribution is 2.30. The maximum Gasteiger partial charge on any atom is 0.134 e. The molecule has 0 aromatic carbocycles. The van der Waals surface area contributed by atoms with Crippen LogP contribution in [0.2, 0.25) is 0 Å². The maximum absolute atomic E-state index is 5.45. The third-order valence-corrected chi connectivity index (χ3v) is 4.06. The normalized spacial score (nSPS) is 17.8. The van der Waals surface area contributed by atoms with Crippen LogP contribution in [-0.4, -0.2) is 36.8 Å². The molecule has 20 heavy (non-hydrogen) atoms. The molecule has 0 radical (unpaired) electrons. The Labute approximate surface area is 121 Å². The summed E-state index contributed by atoms with van der Waals surface area (Å²) in [6.45, 7) is 7.17. The van der Waals surface area contributed by atoms with Gasteiger partial charge in [0.15, 0.2) is 0 Å². The molecule has 0 aliphatic carbocycles. The largest absolute Gasteiger partial charge is 0.381 e. The molecule has 0 atom stereocenters. The SMILES string of the molecule is CCCc1c(NC)ncnc1NCC1(C)CCOCC1. The van der Waals surface area contributed by atoms with Crippen molar-refractivity contribution in [2.75, 3.05) is 37.4 Å². The first-order valence-electron chi connectivity index (χ1n) is 7.52. The topological polar surface area (TPSA) is 59.1 Å². The predicted molar refractivity (Wildman–Crippen MR) is 82.2 cm³/mol. The highest BCUT2D eigenvalue weighted by Gasteiger charge is 2.27. The van der Waals surface area contributed by atoms with Crippen molar-refractivity contribution in [3.8, 4) is 0 Å². The molecule has 0 spiro atoms. The van der Waals surface area contributed by atoms with E-state index in [1.165, 1.54) is 5.56 Å². The van der Waals surface area contributed by atoms with Crippen LogP contribution in [0.25, 0.3) is 0 Å². The zero-order valence-electron chi connectivity index (χ0n) is 12.8. The van der Waals surface area contributed by atoms with Crippen molar-refractivity contribution in [2.24, 2.45) is 5.41 Å². The summed E-state index contributed by atoms with van der Waals surface area (Å²) in [5.41, 5.74) is 1.49. The fourth-order valence-electron chi connectivity index (χ4n) is 2.60. The molecule has 2 N–H and O–H groups in total. The zero-order valence-corrected chi connectivity index (χ0v) is 12.8. The molecule has 2 heterocycles. The Kier molecular flexibility index (Phi) is 5.17. The number of nitrogens with one attached hydrogen (secondary N) is 2. The molecule has 0 saturated carbocycles. The van der Waals surface area contributed by atoms with Crippen molar-refractivity contribution in [3.63, 3.8) is 0 Å². The molecule has 112 valence electrons. The molecule has 5 heteroatoms. The van der Waals surface area contributed by atoms with Crippen molar-refractivity contribution >= 4 is 11.6 Å². The van der Waals surface area contributed by atoms with Gasteiger partial charge in [0, 0.05) is 32.4 Å². The van der Waals surface area contributed by atoms with Crippen LogP contribution in [0.15, 0.2) is 6.33 Å². The molecule has 1 fully saturated rings. The summed E-state index contributed by atoms with van der Waals surface area (Å²) < 4.78 is 5.45. The standard InChI is InChI=1S/C15H26N4O/c1-4-5-12-13(16-3)18-11-19-14(12)17-10-15(2)6-8-20-9-7-15/h11H,4-10H2,1-3H3,(H2,16,17,18,19). The van der Waals surface area contributed by atoms with Crippen molar-refractivity contribution in [2.45, 2.75) is 39.5 Å². The molecule has 2 rings (SSSR count). The fourth-order valence-corrected chi connectivity index (χ4v) is 2.60. The van der Waals surface area contributed by atoms with E-state index in [0.717, 1.165) is 57.1 Å². The van der Waals surface area contributed by atoms with Gasteiger partial charge in [-0.1, -0.05) is 20.3 Å². The van der Waals surface area contributed by atoms with Crippen LogP contribution in [0, 0.1) is 5.41 Å². The summed E-state index contributed by atoms with van der Waals surface area (Å²) in [6.07, 6.45) is 5.90. The summed E-state index contributed by atoms with van der Waals surface area (Å²) in [7, 11) is 1.91. The lowest BCUT2D eigenvalue weighted by atomic mass is 9.82. The van der Waals surface area contributed by atoms with Gasteiger partial charge in [0.05, 0.1) is 0 Å². The quantitative estimate of drug-likeness (QED) is 0.838. The Balaban J connectivity index is 2.08. The Morgan fingerprint density at radius 2 is 1.95 bits per heavy atom. The van der Waals surface area contributed by atoms with E-state index in [4.69, 9.17) is 4.74 Å². The highest BCUT2D eigenvalue weighted by molar-refractivity contribution is 5.57.